The maximum atomic E-state index is 9.14. The minimum atomic E-state index is -0.0724. The number of hydrogen-bond donors (Lipinski definition) is 2. The predicted octanol–water partition coefficient (Wildman–Crippen LogP) is 2.85. The summed E-state index contributed by atoms with van der Waals surface area (Å²) in [5, 5.41) is 13.7. The van der Waals surface area contributed by atoms with E-state index in [-0.39, 0.29) is 6.10 Å². The monoisotopic (exact) mass is 259 g/mol. The second-order valence-corrected chi connectivity index (χ2v) is 5.19. The highest BCUT2D eigenvalue weighted by Crippen LogP contribution is 2.26. The lowest BCUT2D eigenvalue weighted by Crippen LogP contribution is -2.35. The molecule has 1 aromatic rings. The summed E-state index contributed by atoms with van der Waals surface area (Å²) < 4.78 is 0. The van der Waals surface area contributed by atoms with Crippen molar-refractivity contribution in [3.05, 3.63) is 33.8 Å². The molecular formula is C12H15Cl2NO. The molecule has 0 aliphatic heterocycles. The van der Waals surface area contributed by atoms with Crippen LogP contribution in [0.25, 0.3) is 0 Å². The van der Waals surface area contributed by atoms with Gasteiger partial charge in [-0.3, -0.25) is 0 Å². The van der Waals surface area contributed by atoms with Gasteiger partial charge in [-0.2, -0.15) is 0 Å². The third-order valence-corrected chi connectivity index (χ3v) is 3.70. The largest absolute Gasteiger partial charge is 0.393 e. The van der Waals surface area contributed by atoms with Crippen LogP contribution in [0.1, 0.15) is 18.4 Å². The van der Waals surface area contributed by atoms with Crippen molar-refractivity contribution in [3.63, 3.8) is 0 Å². The first-order chi connectivity index (χ1) is 7.65. The molecule has 0 atom stereocenters. The van der Waals surface area contributed by atoms with Crippen LogP contribution in [0.4, 0.5) is 0 Å². The fourth-order valence-electron chi connectivity index (χ4n) is 1.94. The zero-order valence-corrected chi connectivity index (χ0v) is 10.4. The summed E-state index contributed by atoms with van der Waals surface area (Å²) in [6.45, 7) is 1.75. The number of aliphatic hydroxyl groups is 1. The van der Waals surface area contributed by atoms with Crippen molar-refractivity contribution in [3.8, 4) is 0 Å². The maximum absolute atomic E-state index is 9.14. The first-order valence-electron chi connectivity index (χ1n) is 5.48. The predicted molar refractivity (Wildman–Crippen MR) is 66.9 cm³/mol. The van der Waals surface area contributed by atoms with Crippen LogP contribution in [0, 0.1) is 5.92 Å². The Bertz CT molecular complexity index is 364. The van der Waals surface area contributed by atoms with Gasteiger partial charge in [0.2, 0.25) is 0 Å². The van der Waals surface area contributed by atoms with Crippen molar-refractivity contribution in [2.24, 2.45) is 5.92 Å². The van der Waals surface area contributed by atoms with Gasteiger partial charge in [0.15, 0.2) is 0 Å². The smallest absolute Gasteiger partial charge is 0.0595 e. The lowest BCUT2D eigenvalue weighted by atomic mass is 9.82. The Morgan fingerprint density at radius 2 is 2.00 bits per heavy atom. The Balaban J connectivity index is 1.74. The molecule has 16 heavy (non-hydrogen) atoms. The van der Waals surface area contributed by atoms with Gasteiger partial charge in [-0.25, -0.2) is 0 Å². The molecule has 2 nitrogen and oxygen atoms in total. The molecule has 0 aromatic heterocycles. The van der Waals surface area contributed by atoms with Gasteiger partial charge in [-0.15, -0.1) is 0 Å². The standard InChI is InChI=1S/C12H15Cl2NO/c13-11-2-1-8(5-12(11)14)6-15-7-9-3-10(16)4-9/h1-2,5,9-10,15-16H,3-4,6-7H2. The highest BCUT2D eigenvalue weighted by molar-refractivity contribution is 6.42. The number of nitrogens with one attached hydrogen (secondary N) is 1. The second-order valence-electron chi connectivity index (χ2n) is 4.37. The number of aliphatic hydroxyl groups excluding tert-OH is 1. The van der Waals surface area contributed by atoms with Gasteiger partial charge in [-0.05, 0) is 43.0 Å². The maximum Gasteiger partial charge on any atom is 0.0595 e. The van der Waals surface area contributed by atoms with Crippen LogP contribution >= 0.6 is 23.2 Å². The number of hydrogen-bond acceptors (Lipinski definition) is 2. The minimum absolute atomic E-state index is 0.0724. The summed E-state index contributed by atoms with van der Waals surface area (Å²) in [6.07, 6.45) is 1.78. The van der Waals surface area contributed by atoms with Crippen molar-refractivity contribution in [1.29, 1.82) is 0 Å². The summed E-state index contributed by atoms with van der Waals surface area (Å²) >= 11 is 11.8. The molecular weight excluding hydrogens is 245 g/mol. The Labute approximate surface area is 106 Å². The molecule has 0 radical (unpaired) electrons. The van der Waals surface area contributed by atoms with Crippen LogP contribution in [0.2, 0.25) is 10.0 Å². The molecule has 1 saturated carbocycles. The molecule has 1 fully saturated rings. The van der Waals surface area contributed by atoms with Crippen molar-refractivity contribution in [2.75, 3.05) is 6.54 Å². The molecule has 1 aliphatic carbocycles. The van der Waals surface area contributed by atoms with E-state index in [0.29, 0.717) is 16.0 Å². The summed E-state index contributed by atoms with van der Waals surface area (Å²) in [5.41, 5.74) is 1.13. The van der Waals surface area contributed by atoms with Gasteiger partial charge in [0, 0.05) is 6.54 Å². The third-order valence-electron chi connectivity index (χ3n) is 2.96. The van der Waals surface area contributed by atoms with E-state index in [2.05, 4.69) is 5.32 Å². The average molecular weight is 260 g/mol. The van der Waals surface area contributed by atoms with Gasteiger partial charge in [0.1, 0.15) is 0 Å². The topological polar surface area (TPSA) is 32.3 Å². The SMILES string of the molecule is OC1CC(CNCc2ccc(Cl)c(Cl)c2)C1. The lowest BCUT2D eigenvalue weighted by molar-refractivity contribution is 0.0430. The highest BCUT2D eigenvalue weighted by atomic mass is 35.5. The Hall–Kier alpha value is -0.280. The van der Waals surface area contributed by atoms with Crippen molar-refractivity contribution in [1.82, 2.24) is 5.32 Å². The molecule has 0 saturated heterocycles. The average Bonchev–Trinajstić information content (AvgIpc) is 2.21. The van der Waals surface area contributed by atoms with Crippen molar-refractivity contribution in [2.45, 2.75) is 25.5 Å². The van der Waals surface area contributed by atoms with Gasteiger partial charge in [0.25, 0.3) is 0 Å². The molecule has 2 N–H and O–H groups in total. The van der Waals surface area contributed by atoms with Crippen LogP contribution in [0.3, 0.4) is 0 Å². The summed E-state index contributed by atoms with van der Waals surface area (Å²) in [7, 11) is 0. The first-order valence-corrected chi connectivity index (χ1v) is 6.23. The van der Waals surface area contributed by atoms with Gasteiger partial charge < -0.3 is 10.4 Å². The van der Waals surface area contributed by atoms with Gasteiger partial charge >= 0.3 is 0 Å². The van der Waals surface area contributed by atoms with E-state index < -0.39 is 0 Å². The number of rotatable bonds is 4. The molecule has 0 spiro atoms. The molecule has 1 aromatic carbocycles. The molecule has 0 unspecified atom stereocenters. The Kier molecular flexibility index (Phi) is 4.09. The fraction of sp³-hybridized carbons (Fsp3) is 0.500. The Morgan fingerprint density at radius 3 is 2.62 bits per heavy atom. The minimum Gasteiger partial charge on any atom is -0.393 e. The van der Waals surface area contributed by atoms with Crippen LogP contribution in [0.5, 0.6) is 0 Å². The number of halogens is 2. The second kappa shape index (κ2) is 5.37. The summed E-state index contributed by atoms with van der Waals surface area (Å²) in [4.78, 5) is 0. The van der Waals surface area contributed by atoms with Gasteiger partial charge in [-0.1, -0.05) is 29.3 Å². The molecule has 1 aliphatic rings. The van der Waals surface area contributed by atoms with Crippen LogP contribution in [-0.2, 0) is 6.54 Å². The Morgan fingerprint density at radius 1 is 1.25 bits per heavy atom. The highest BCUT2D eigenvalue weighted by Gasteiger charge is 2.26. The first kappa shape index (κ1) is 12.2. The van der Waals surface area contributed by atoms with E-state index in [9.17, 15) is 0 Å². The van der Waals surface area contributed by atoms with E-state index in [0.717, 1.165) is 31.5 Å². The molecule has 0 bridgehead atoms. The fourth-order valence-corrected chi connectivity index (χ4v) is 2.26. The molecule has 0 heterocycles. The molecule has 88 valence electrons. The summed E-state index contributed by atoms with van der Waals surface area (Å²) in [6, 6.07) is 5.66. The lowest BCUT2D eigenvalue weighted by Gasteiger charge is -2.31. The zero-order valence-electron chi connectivity index (χ0n) is 8.92. The van der Waals surface area contributed by atoms with E-state index in [1.807, 2.05) is 18.2 Å². The van der Waals surface area contributed by atoms with Crippen LogP contribution in [-0.4, -0.2) is 17.8 Å². The van der Waals surface area contributed by atoms with E-state index in [1.54, 1.807) is 0 Å². The normalized spacial score (nSPS) is 24.2. The van der Waals surface area contributed by atoms with Crippen molar-refractivity contribution < 1.29 is 5.11 Å². The quantitative estimate of drug-likeness (QED) is 0.872. The van der Waals surface area contributed by atoms with Crippen LogP contribution in [0.15, 0.2) is 18.2 Å². The third kappa shape index (κ3) is 3.11. The van der Waals surface area contributed by atoms with Crippen LogP contribution < -0.4 is 5.32 Å². The molecule has 0 amide bonds. The molecule has 2 rings (SSSR count). The van der Waals surface area contributed by atoms with Crippen molar-refractivity contribution >= 4 is 23.2 Å². The van der Waals surface area contributed by atoms with E-state index >= 15 is 0 Å². The zero-order chi connectivity index (χ0) is 11.5. The molecule has 4 heteroatoms. The summed E-state index contributed by atoms with van der Waals surface area (Å²) in [5.74, 6) is 0.623. The number of benzene rings is 1. The van der Waals surface area contributed by atoms with E-state index in [4.69, 9.17) is 28.3 Å². The van der Waals surface area contributed by atoms with E-state index in [1.165, 1.54) is 0 Å². The van der Waals surface area contributed by atoms with Gasteiger partial charge in [0.05, 0.1) is 16.1 Å².